The van der Waals surface area contributed by atoms with E-state index < -0.39 is 0 Å². The van der Waals surface area contributed by atoms with Gasteiger partial charge in [0.25, 0.3) is 0 Å². The summed E-state index contributed by atoms with van der Waals surface area (Å²) in [6.45, 7) is 4.57. The van der Waals surface area contributed by atoms with Gasteiger partial charge in [-0.2, -0.15) is 0 Å². The van der Waals surface area contributed by atoms with E-state index >= 15 is 0 Å². The van der Waals surface area contributed by atoms with E-state index in [1.54, 1.807) is 13.0 Å². The van der Waals surface area contributed by atoms with Crippen molar-refractivity contribution in [1.29, 1.82) is 0 Å². The molecule has 0 saturated carbocycles. The van der Waals surface area contributed by atoms with Gasteiger partial charge in [0.1, 0.15) is 12.4 Å². The van der Waals surface area contributed by atoms with Crippen LogP contribution < -0.4 is 4.74 Å². The van der Waals surface area contributed by atoms with Gasteiger partial charge in [0.15, 0.2) is 0 Å². The van der Waals surface area contributed by atoms with Crippen molar-refractivity contribution in [3.8, 4) is 5.75 Å². The van der Waals surface area contributed by atoms with Gasteiger partial charge in [0.2, 0.25) is 0 Å². The Kier molecular flexibility index (Phi) is 3.64. The van der Waals surface area contributed by atoms with Crippen molar-refractivity contribution < 1.29 is 14.3 Å². The zero-order chi connectivity index (χ0) is 12.3. The highest BCUT2D eigenvalue weighted by molar-refractivity contribution is 5.89. The van der Waals surface area contributed by atoms with Crippen molar-refractivity contribution in [1.82, 2.24) is 4.90 Å². The minimum Gasteiger partial charge on any atom is -0.492 e. The minimum absolute atomic E-state index is 0.276. The highest BCUT2D eigenvalue weighted by Gasteiger charge is 2.15. The standard InChI is InChI=1S/C13H17NO3/c1-3-16-13(15)10-4-5-12-11(8-10)9-14(2)6-7-17-12/h4-5,8H,3,6-7,9H2,1-2H3. The predicted molar refractivity (Wildman–Crippen MR) is 64.2 cm³/mol. The Hall–Kier alpha value is -1.55. The van der Waals surface area contributed by atoms with Crippen LogP contribution in [-0.2, 0) is 11.3 Å². The lowest BCUT2D eigenvalue weighted by molar-refractivity contribution is 0.0526. The summed E-state index contributed by atoms with van der Waals surface area (Å²) in [4.78, 5) is 13.8. The monoisotopic (exact) mass is 235 g/mol. The number of esters is 1. The molecule has 1 heterocycles. The van der Waals surface area contributed by atoms with Crippen molar-refractivity contribution in [3.63, 3.8) is 0 Å². The molecule has 0 radical (unpaired) electrons. The highest BCUT2D eigenvalue weighted by Crippen LogP contribution is 2.24. The van der Waals surface area contributed by atoms with Gasteiger partial charge in [-0.05, 0) is 32.2 Å². The molecule has 1 aliphatic rings. The Bertz CT molecular complexity index is 417. The maximum atomic E-state index is 11.6. The molecular formula is C13H17NO3. The van der Waals surface area contributed by atoms with Crippen LogP contribution >= 0.6 is 0 Å². The second-order valence-corrected chi connectivity index (χ2v) is 4.13. The Morgan fingerprint density at radius 1 is 1.53 bits per heavy atom. The number of likely N-dealkylation sites (N-methyl/N-ethyl adjacent to an activating group) is 1. The van der Waals surface area contributed by atoms with E-state index in [2.05, 4.69) is 4.90 Å². The Labute approximate surface area is 101 Å². The number of fused-ring (bicyclic) bond motifs is 1. The summed E-state index contributed by atoms with van der Waals surface area (Å²) in [6, 6.07) is 5.46. The molecule has 0 aliphatic carbocycles. The maximum Gasteiger partial charge on any atom is 0.338 e. The van der Waals surface area contributed by atoms with Gasteiger partial charge in [-0.15, -0.1) is 0 Å². The molecule has 0 fully saturated rings. The number of carbonyl (C=O) groups excluding carboxylic acids is 1. The van der Waals surface area contributed by atoms with E-state index in [1.165, 1.54) is 0 Å². The van der Waals surface area contributed by atoms with Crippen molar-refractivity contribution in [2.75, 3.05) is 26.8 Å². The molecule has 2 rings (SSSR count). The third-order valence-corrected chi connectivity index (χ3v) is 2.74. The molecule has 0 saturated heterocycles. The first kappa shape index (κ1) is 11.9. The molecule has 4 nitrogen and oxygen atoms in total. The number of rotatable bonds is 2. The summed E-state index contributed by atoms with van der Waals surface area (Å²) in [5.74, 6) is 0.588. The molecule has 0 bridgehead atoms. The quantitative estimate of drug-likeness (QED) is 0.731. The van der Waals surface area contributed by atoms with Gasteiger partial charge in [-0.25, -0.2) is 4.79 Å². The lowest BCUT2D eigenvalue weighted by atomic mass is 10.1. The van der Waals surface area contributed by atoms with Gasteiger partial charge >= 0.3 is 5.97 Å². The number of benzene rings is 1. The van der Waals surface area contributed by atoms with E-state index in [-0.39, 0.29) is 5.97 Å². The summed E-state index contributed by atoms with van der Waals surface area (Å²) in [5, 5.41) is 0. The zero-order valence-electron chi connectivity index (χ0n) is 10.2. The summed E-state index contributed by atoms with van der Waals surface area (Å²) in [7, 11) is 2.04. The van der Waals surface area contributed by atoms with E-state index in [0.717, 1.165) is 24.4 Å². The second kappa shape index (κ2) is 5.19. The van der Waals surface area contributed by atoms with Crippen LogP contribution in [0.1, 0.15) is 22.8 Å². The summed E-state index contributed by atoms with van der Waals surface area (Å²) in [6.07, 6.45) is 0. The lowest BCUT2D eigenvalue weighted by Gasteiger charge is -2.12. The molecule has 1 aromatic rings. The molecule has 92 valence electrons. The fraction of sp³-hybridized carbons (Fsp3) is 0.462. The van der Waals surface area contributed by atoms with Crippen molar-refractivity contribution in [2.45, 2.75) is 13.5 Å². The Balaban J connectivity index is 2.26. The maximum absolute atomic E-state index is 11.6. The molecule has 0 atom stereocenters. The fourth-order valence-electron chi connectivity index (χ4n) is 1.87. The van der Waals surface area contributed by atoms with Gasteiger partial charge in [0, 0.05) is 18.7 Å². The van der Waals surface area contributed by atoms with Crippen molar-refractivity contribution in [3.05, 3.63) is 29.3 Å². The molecule has 17 heavy (non-hydrogen) atoms. The van der Waals surface area contributed by atoms with Crippen LogP contribution in [-0.4, -0.2) is 37.7 Å². The smallest absolute Gasteiger partial charge is 0.338 e. The molecule has 4 heteroatoms. The first-order chi connectivity index (χ1) is 8.20. The molecule has 0 spiro atoms. The molecule has 0 unspecified atom stereocenters. The fourth-order valence-corrected chi connectivity index (χ4v) is 1.87. The average molecular weight is 235 g/mol. The minimum atomic E-state index is -0.276. The number of hydrogen-bond acceptors (Lipinski definition) is 4. The summed E-state index contributed by atoms with van der Waals surface area (Å²) >= 11 is 0. The third-order valence-electron chi connectivity index (χ3n) is 2.74. The molecule has 1 aromatic carbocycles. The summed E-state index contributed by atoms with van der Waals surface area (Å²) < 4.78 is 10.6. The average Bonchev–Trinajstić information content (AvgIpc) is 2.49. The lowest BCUT2D eigenvalue weighted by Crippen LogP contribution is -2.20. The molecule has 1 aliphatic heterocycles. The Morgan fingerprint density at radius 3 is 3.12 bits per heavy atom. The normalized spacial score (nSPS) is 15.6. The molecule has 0 amide bonds. The van der Waals surface area contributed by atoms with Crippen LogP contribution in [0.25, 0.3) is 0 Å². The third kappa shape index (κ3) is 2.77. The topological polar surface area (TPSA) is 38.8 Å². The van der Waals surface area contributed by atoms with Gasteiger partial charge < -0.3 is 9.47 Å². The number of ether oxygens (including phenoxy) is 2. The van der Waals surface area contributed by atoms with Gasteiger partial charge in [-0.1, -0.05) is 0 Å². The van der Waals surface area contributed by atoms with Crippen molar-refractivity contribution >= 4 is 5.97 Å². The van der Waals surface area contributed by atoms with Crippen LogP contribution in [0.15, 0.2) is 18.2 Å². The SMILES string of the molecule is CCOC(=O)c1ccc2c(c1)CN(C)CCO2. The first-order valence-corrected chi connectivity index (χ1v) is 5.82. The number of hydrogen-bond donors (Lipinski definition) is 0. The van der Waals surface area contributed by atoms with E-state index in [4.69, 9.17) is 9.47 Å². The van der Waals surface area contributed by atoms with E-state index in [1.807, 2.05) is 19.2 Å². The Morgan fingerprint density at radius 2 is 2.35 bits per heavy atom. The molecule has 0 aromatic heterocycles. The van der Waals surface area contributed by atoms with Gasteiger partial charge in [0.05, 0.1) is 12.2 Å². The molecular weight excluding hydrogens is 218 g/mol. The van der Waals surface area contributed by atoms with E-state index in [0.29, 0.717) is 18.8 Å². The summed E-state index contributed by atoms with van der Waals surface area (Å²) in [5.41, 5.74) is 1.63. The predicted octanol–water partition coefficient (Wildman–Crippen LogP) is 1.69. The van der Waals surface area contributed by atoms with Crippen molar-refractivity contribution in [2.24, 2.45) is 0 Å². The largest absolute Gasteiger partial charge is 0.492 e. The second-order valence-electron chi connectivity index (χ2n) is 4.13. The van der Waals surface area contributed by atoms with Crippen LogP contribution in [0.2, 0.25) is 0 Å². The van der Waals surface area contributed by atoms with Crippen LogP contribution in [0.3, 0.4) is 0 Å². The van der Waals surface area contributed by atoms with Gasteiger partial charge in [-0.3, -0.25) is 4.90 Å². The van der Waals surface area contributed by atoms with Crippen LogP contribution in [0.5, 0.6) is 5.75 Å². The number of nitrogens with zero attached hydrogens (tertiary/aromatic N) is 1. The van der Waals surface area contributed by atoms with E-state index in [9.17, 15) is 4.79 Å². The van der Waals surface area contributed by atoms with Crippen LogP contribution in [0.4, 0.5) is 0 Å². The zero-order valence-corrected chi connectivity index (χ0v) is 10.2. The molecule has 0 N–H and O–H groups in total. The van der Waals surface area contributed by atoms with Crippen LogP contribution in [0, 0.1) is 0 Å². The highest BCUT2D eigenvalue weighted by atomic mass is 16.5. The first-order valence-electron chi connectivity index (χ1n) is 5.82. The number of carbonyl (C=O) groups is 1.